The summed E-state index contributed by atoms with van der Waals surface area (Å²) in [5, 5.41) is 108. The molecule has 0 aromatic heterocycles. The highest BCUT2D eigenvalue weighted by Gasteiger charge is 2.52. The molecule has 11 N–H and O–H groups in total. The Balaban J connectivity index is 1.91. The van der Waals surface area contributed by atoms with Crippen LogP contribution >= 0.6 is 0 Å². The van der Waals surface area contributed by atoms with Crippen molar-refractivity contribution < 1.29 is 74.8 Å². The van der Waals surface area contributed by atoms with E-state index in [9.17, 15) is 55.9 Å². The number of unbranched alkanes of at least 4 members (excludes halogenated alkanes) is 26. The van der Waals surface area contributed by atoms with E-state index in [1.165, 1.54) is 122 Å². The van der Waals surface area contributed by atoms with Crippen molar-refractivity contribution in [1.29, 1.82) is 0 Å². The van der Waals surface area contributed by atoms with Crippen molar-refractivity contribution in [2.24, 2.45) is 0 Å². The number of aliphatic hydroxyl groups is 10. The van der Waals surface area contributed by atoms with Crippen molar-refractivity contribution >= 4 is 5.91 Å². The fourth-order valence-corrected chi connectivity index (χ4v) is 9.07. The van der Waals surface area contributed by atoms with E-state index in [2.05, 4.69) is 19.2 Å². The highest BCUT2D eigenvalue weighted by Crippen LogP contribution is 2.31. The topological polar surface area (TPSA) is 268 Å². The zero-order valence-electron chi connectivity index (χ0n) is 40.9. The summed E-state index contributed by atoms with van der Waals surface area (Å²) in [5.41, 5.74) is 0. The highest BCUT2D eigenvalue weighted by molar-refractivity contribution is 5.80. The van der Waals surface area contributed by atoms with Gasteiger partial charge in [-0.05, 0) is 12.8 Å². The maximum atomic E-state index is 13.3. The largest absolute Gasteiger partial charge is 0.394 e. The summed E-state index contributed by atoms with van der Waals surface area (Å²) in [6.07, 6.45) is 12.8. The maximum Gasteiger partial charge on any atom is 0.249 e. The molecule has 0 aliphatic carbocycles. The van der Waals surface area contributed by atoms with Crippen LogP contribution in [-0.2, 0) is 23.7 Å². The Hall–Kier alpha value is -1.09. The van der Waals surface area contributed by atoms with Crippen molar-refractivity contribution in [3.05, 3.63) is 0 Å². The molecular formula is C50H97NO15. The molecule has 0 bridgehead atoms. The standard InChI is InChI=1S/C50H97NO15/c1-3-5-7-9-11-13-15-16-17-18-19-20-22-24-26-28-30-32-38(55)48(62)51-36(41(57)37(54)31-29-27-25-23-21-14-12-10-8-6-4-2)35-63-49-45(61)47(42(58)40(34-53)64-49)66-50-44(60)43(59)46(65-50)39(56)33-52/h36-47,49-50,52-61H,3-35H2,1-2H3,(H,51,62). The van der Waals surface area contributed by atoms with E-state index < -0.39 is 111 Å². The van der Waals surface area contributed by atoms with Crippen LogP contribution < -0.4 is 5.32 Å². The SMILES string of the molecule is CCCCCCCCCCCCCCCCCCCC(O)C(=O)NC(COC1OC(CO)C(O)C(OC2OC(C(O)CO)C(O)C2O)C1O)C(O)C(O)CCCCCCCCCCCCC. The molecule has 0 spiro atoms. The van der Waals surface area contributed by atoms with Crippen LogP contribution in [0.3, 0.4) is 0 Å². The molecule has 0 aromatic rings. The van der Waals surface area contributed by atoms with Crippen molar-refractivity contribution in [2.75, 3.05) is 19.8 Å². The molecule has 2 rings (SSSR count). The van der Waals surface area contributed by atoms with Gasteiger partial charge >= 0.3 is 0 Å². The summed E-state index contributed by atoms with van der Waals surface area (Å²) in [6, 6.07) is -1.28. The van der Waals surface area contributed by atoms with Gasteiger partial charge in [0.05, 0.1) is 32.0 Å². The van der Waals surface area contributed by atoms with Gasteiger partial charge < -0.3 is 75.3 Å². The molecule has 2 heterocycles. The average Bonchev–Trinajstić information content (AvgIpc) is 3.60. The van der Waals surface area contributed by atoms with Gasteiger partial charge in [0.25, 0.3) is 0 Å². The minimum Gasteiger partial charge on any atom is -0.394 e. The molecule has 2 aliphatic heterocycles. The minimum absolute atomic E-state index is 0.203. The highest BCUT2D eigenvalue weighted by atomic mass is 16.7. The molecule has 2 saturated heterocycles. The number of nitrogens with one attached hydrogen (secondary N) is 1. The molecule has 14 atom stereocenters. The molecule has 0 aromatic carbocycles. The van der Waals surface area contributed by atoms with E-state index in [4.69, 9.17) is 18.9 Å². The third-order valence-corrected chi connectivity index (χ3v) is 13.5. The molecule has 14 unspecified atom stereocenters. The number of ether oxygens (including phenoxy) is 4. The summed E-state index contributed by atoms with van der Waals surface area (Å²) in [4.78, 5) is 13.3. The summed E-state index contributed by atoms with van der Waals surface area (Å²) < 4.78 is 22.5. The second kappa shape index (κ2) is 37.7. The van der Waals surface area contributed by atoms with Crippen molar-refractivity contribution in [3.8, 4) is 0 Å². The fraction of sp³-hybridized carbons (Fsp3) is 0.980. The number of hydrogen-bond acceptors (Lipinski definition) is 15. The van der Waals surface area contributed by atoms with Crippen LogP contribution in [0.15, 0.2) is 0 Å². The van der Waals surface area contributed by atoms with E-state index >= 15 is 0 Å². The number of rotatable bonds is 42. The Labute approximate surface area is 397 Å². The zero-order chi connectivity index (χ0) is 48.5. The van der Waals surface area contributed by atoms with Crippen molar-refractivity contribution in [2.45, 2.75) is 292 Å². The molecule has 0 saturated carbocycles. The monoisotopic (exact) mass is 952 g/mol. The lowest BCUT2D eigenvalue weighted by Crippen LogP contribution is -2.62. The molecule has 16 heteroatoms. The molecular weight excluding hydrogens is 855 g/mol. The maximum absolute atomic E-state index is 13.3. The summed E-state index contributed by atoms with van der Waals surface area (Å²) in [5.74, 6) is -0.762. The second-order valence-electron chi connectivity index (χ2n) is 19.3. The van der Waals surface area contributed by atoms with Gasteiger partial charge in [0.15, 0.2) is 12.6 Å². The molecule has 2 fully saturated rings. The van der Waals surface area contributed by atoms with Crippen molar-refractivity contribution in [3.63, 3.8) is 0 Å². The first kappa shape index (κ1) is 61.0. The van der Waals surface area contributed by atoms with E-state index in [-0.39, 0.29) is 12.8 Å². The van der Waals surface area contributed by atoms with Crippen LogP contribution in [0, 0.1) is 0 Å². The number of amides is 1. The molecule has 392 valence electrons. The predicted molar refractivity (Wildman–Crippen MR) is 252 cm³/mol. The average molecular weight is 952 g/mol. The Bertz CT molecular complexity index is 1160. The van der Waals surface area contributed by atoms with Gasteiger partial charge in [0, 0.05) is 0 Å². The van der Waals surface area contributed by atoms with Crippen molar-refractivity contribution in [1.82, 2.24) is 5.32 Å². The van der Waals surface area contributed by atoms with Gasteiger partial charge in [-0.15, -0.1) is 0 Å². The van der Waals surface area contributed by atoms with Crippen LogP contribution in [0.25, 0.3) is 0 Å². The molecule has 0 radical (unpaired) electrons. The van der Waals surface area contributed by atoms with E-state index in [1.54, 1.807) is 0 Å². The third-order valence-electron chi connectivity index (χ3n) is 13.5. The summed E-state index contributed by atoms with van der Waals surface area (Å²) in [7, 11) is 0. The second-order valence-corrected chi connectivity index (χ2v) is 19.3. The smallest absolute Gasteiger partial charge is 0.249 e. The van der Waals surface area contributed by atoms with E-state index in [0.717, 1.165) is 44.9 Å². The minimum atomic E-state index is -1.82. The lowest BCUT2D eigenvalue weighted by atomic mass is 9.98. The Morgan fingerprint density at radius 3 is 1.42 bits per heavy atom. The molecule has 2 aliphatic rings. The number of carbonyl (C=O) groups excluding carboxylic acids is 1. The van der Waals surface area contributed by atoms with Crippen LogP contribution in [0.1, 0.15) is 206 Å². The Kier molecular flexibility index (Phi) is 34.9. The van der Waals surface area contributed by atoms with Crippen LogP contribution in [-0.4, -0.2) is 163 Å². The van der Waals surface area contributed by atoms with Gasteiger partial charge in [-0.25, -0.2) is 0 Å². The fourth-order valence-electron chi connectivity index (χ4n) is 9.07. The molecule has 66 heavy (non-hydrogen) atoms. The Morgan fingerprint density at radius 2 is 0.985 bits per heavy atom. The molecule has 16 nitrogen and oxygen atoms in total. The quantitative estimate of drug-likeness (QED) is 0.0362. The van der Waals surface area contributed by atoms with Crippen LogP contribution in [0.2, 0.25) is 0 Å². The van der Waals surface area contributed by atoms with Gasteiger partial charge in [-0.1, -0.05) is 194 Å². The zero-order valence-corrected chi connectivity index (χ0v) is 40.9. The van der Waals surface area contributed by atoms with Gasteiger partial charge in [0.2, 0.25) is 5.91 Å². The first-order valence-electron chi connectivity index (χ1n) is 26.5. The van der Waals surface area contributed by atoms with E-state index in [1.807, 2.05) is 0 Å². The first-order valence-corrected chi connectivity index (χ1v) is 26.5. The van der Waals surface area contributed by atoms with Gasteiger partial charge in [-0.3, -0.25) is 4.79 Å². The van der Waals surface area contributed by atoms with E-state index in [0.29, 0.717) is 12.8 Å². The lowest BCUT2D eigenvalue weighted by molar-refractivity contribution is -0.332. The number of carbonyl (C=O) groups is 1. The first-order chi connectivity index (χ1) is 31.9. The van der Waals surface area contributed by atoms with Crippen LogP contribution in [0.4, 0.5) is 0 Å². The Morgan fingerprint density at radius 1 is 0.545 bits per heavy atom. The molecule has 1 amide bonds. The lowest BCUT2D eigenvalue weighted by Gasteiger charge is -2.43. The number of aliphatic hydroxyl groups excluding tert-OH is 10. The van der Waals surface area contributed by atoms with Crippen LogP contribution in [0.5, 0.6) is 0 Å². The number of hydrogen-bond donors (Lipinski definition) is 11. The normalized spacial score (nSPS) is 26.9. The van der Waals surface area contributed by atoms with Gasteiger partial charge in [0.1, 0.15) is 61.0 Å². The third kappa shape index (κ3) is 24.2. The summed E-state index contributed by atoms with van der Waals surface area (Å²) >= 11 is 0. The summed E-state index contributed by atoms with van der Waals surface area (Å²) in [6.45, 7) is 2.36. The van der Waals surface area contributed by atoms with Gasteiger partial charge in [-0.2, -0.15) is 0 Å². The predicted octanol–water partition coefficient (Wildman–Crippen LogP) is 4.94.